The Kier molecular flexibility index (Phi) is 6.62. The second-order valence-corrected chi connectivity index (χ2v) is 10.6. The van der Waals surface area contributed by atoms with Crippen molar-refractivity contribution >= 4 is 15.9 Å². The molecule has 0 spiro atoms. The van der Waals surface area contributed by atoms with E-state index in [0.29, 0.717) is 17.9 Å². The molecule has 0 unspecified atom stereocenters. The van der Waals surface area contributed by atoms with Crippen LogP contribution in [-0.4, -0.2) is 44.1 Å². The number of carbonyl (C=O) groups is 1. The molecule has 1 atom stereocenters. The molecule has 0 bridgehead atoms. The monoisotopic (exact) mass is 446 g/mol. The summed E-state index contributed by atoms with van der Waals surface area (Å²) in [7, 11) is -1.98. The molecule has 2 aromatic rings. The lowest BCUT2D eigenvalue weighted by atomic mass is 9.89. The molecule has 1 aliphatic heterocycles. The zero-order chi connectivity index (χ0) is 22.8. The standard InChI is InChI=1S/C23H30N2O5S/c1-16-6-8-17(9-7-16)14-25(31(5,27)28)15-22(26)24-20-13-23(2,3)30-21-12-18(29-4)10-11-19(20)21/h6-12,20H,13-15H2,1-5H3,(H,24,26)/t20-/m1/s1. The van der Waals surface area contributed by atoms with Crippen LogP contribution < -0.4 is 14.8 Å². The highest BCUT2D eigenvalue weighted by Gasteiger charge is 2.35. The third kappa shape index (κ3) is 5.98. The molecule has 1 aliphatic rings. The largest absolute Gasteiger partial charge is 0.497 e. The van der Waals surface area contributed by atoms with Gasteiger partial charge in [0.2, 0.25) is 15.9 Å². The van der Waals surface area contributed by atoms with Crippen molar-refractivity contribution in [2.75, 3.05) is 19.9 Å². The first-order valence-electron chi connectivity index (χ1n) is 10.1. The minimum Gasteiger partial charge on any atom is -0.497 e. The van der Waals surface area contributed by atoms with Crippen molar-refractivity contribution in [2.24, 2.45) is 0 Å². The van der Waals surface area contributed by atoms with Crippen LogP contribution in [-0.2, 0) is 21.4 Å². The zero-order valence-electron chi connectivity index (χ0n) is 18.6. The number of aryl methyl sites for hydroxylation is 1. The van der Waals surface area contributed by atoms with Crippen molar-refractivity contribution in [2.45, 2.75) is 45.4 Å². The van der Waals surface area contributed by atoms with Gasteiger partial charge in [0.05, 0.1) is 26.0 Å². The number of hydrogen-bond donors (Lipinski definition) is 1. The molecule has 1 amide bonds. The fourth-order valence-electron chi connectivity index (χ4n) is 3.68. The number of ether oxygens (including phenoxy) is 2. The number of nitrogens with zero attached hydrogens (tertiary/aromatic N) is 1. The second kappa shape index (κ2) is 8.88. The van der Waals surface area contributed by atoms with Crippen LogP contribution in [0.3, 0.4) is 0 Å². The van der Waals surface area contributed by atoms with Gasteiger partial charge in [-0.1, -0.05) is 29.8 Å². The maximum absolute atomic E-state index is 12.9. The zero-order valence-corrected chi connectivity index (χ0v) is 19.5. The van der Waals surface area contributed by atoms with Crippen LogP contribution in [0, 0.1) is 6.92 Å². The molecule has 0 saturated carbocycles. The third-order valence-corrected chi connectivity index (χ3v) is 6.48. The first-order valence-corrected chi connectivity index (χ1v) is 12.0. The molecule has 31 heavy (non-hydrogen) atoms. The number of hydrogen-bond acceptors (Lipinski definition) is 5. The molecule has 0 saturated heterocycles. The predicted octanol–water partition coefficient (Wildman–Crippen LogP) is 3.18. The number of benzene rings is 2. The van der Waals surface area contributed by atoms with Gasteiger partial charge in [0, 0.05) is 24.6 Å². The average molecular weight is 447 g/mol. The summed E-state index contributed by atoms with van der Waals surface area (Å²) in [6.45, 7) is 5.76. The van der Waals surface area contributed by atoms with Crippen LogP contribution in [0.2, 0.25) is 0 Å². The van der Waals surface area contributed by atoms with Gasteiger partial charge in [-0.15, -0.1) is 0 Å². The molecule has 7 nitrogen and oxygen atoms in total. The van der Waals surface area contributed by atoms with Crippen molar-refractivity contribution < 1.29 is 22.7 Å². The molecule has 0 fully saturated rings. The SMILES string of the molecule is COc1ccc2c(c1)OC(C)(C)C[C@H]2NC(=O)CN(Cc1ccc(C)cc1)S(C)(=O)=O. The molecule has 2 aromatic carbocycles. The number of nitrogens with one attached hydrogen (secondary N) is 1. The topological polar surface area (TPSA) is 84.9 Å². The van der Waals surface area contributed by atoms with E-state index in [1.165, 1.54) is 4.31 Å². The van der Waals surface area contributed by atoms with Crippen molar-refractivity contribution in [1.29, 1.82) is 0 Å². The summed E-state index contributed by atoms with van der Waals surface area (Å²) in [5.74, 6) is 0.963. The van der Waals surface area contributed by atoms with Gasteiger partial charge in [-0.25, -0.2) is 8.42 Å². The van der Waals surface area contributed by atoms with Crippen molar-refractivity contribution in [3.8, 4) is 11.5 Å². The van der Waals surface area contributed by atoms with Gasteiger partial charge in [-0.2, -0.15) is 4.31 Å². The number of sulfonamides is 1. The van der Waals surface area contributed by atoms with Crippen LogP contribution in [0.1, 0.15) is 43.0 Å². The van der Waals surface area contributed by atoms with Crippen molar-refractivity contribution in [3.05, 3.63) is 59.2 Å². The molecular weight excluding hydrogens is 416 g/mol. The van der Waals surface area contributed by atoms with Crippen LogP contribution in [0.15, 0.2) is 42.5 Å². The van der Waals surface area contributed by atoms with Gasteiger partial charge < -0.3 is 14.8 Å². The highest BCUT2D eigenvalue weighted by molar-refractivity contribution is 7.88. The number of amides is 1. The first kappa shape index (κ1) is 23.1. The molecule has 0 radical (unpaired) electrons. The normalized spacial score (nSPS) is 17.5. The first-order chi connectivity index (χ1) is 14.5. The van der Waals surface area contributed by atoms with Crippen LogP contribution >= 0.6 is 0 Å². The van der Waals surface area contributed by atoms with Gasteiger partial charge in [-0.3, -0.25) is 4.79 Å². The van der Waals surface area contributed by atoms with Gasteiger partial charge in [0.25, 0.3) is 0 Å². The van der Waals surface area contributed by atoms with E-state index < -0.39 is 15.6 Å². The van der Waals surface area contributed by atoms with E-state index in [0.717, 1.165) is 22.9 Å². The Labute approximate surface area is 184 Å². The van der Waals surface area contributed by atoms with E-state index in [1.807, 2.05) is 57.2 Å². The maximum atomic E-state index is 12.9. The summed E-state index contributed by atoms with van der Waals surface area (Å²) in [5.41, 5.74) is 2.27. The van der Waals surface area contributed by atoms with Gasteiger partial charge >= 0.3 is 0 Å². The van der Waals surface area contributed by atoms with E-state index >= 15 is 0 Å². The minimum atomic E-state index is -3.57. The molecule has 1 heterocycles. The minimum absolute atomic E-state index is 0.138. The van der Waals surface area contributed by atoms with E-state index in [9.17, 15) is 13.2 Å². The van der Waals surface area contributed by atoms with Crippen molar-refractivity contribution in [1.82, 2.24) is 9.62 Å². The van der Waals surface area contributed by atoms with E-state index in [1.54, 1.807) is 13.2 Å². The molecular formula is C23H30N2O5S. The molecule has 1 N–H and O–H groups in total. The average Bonchev–Trinajstić information content (AvgIpc) is 2.67. The Morgan fingerprint density at radius 3 is 2.52 bits per heavy atom. The lowest BCUT2D eigenvalue weighted by molar-refractivity contribution is -0.122. The molecule has 168 valence electrons. The lowest BCUT2D eigenvalue weighted by Gasteiger charge is -2.38. The number of carbonyl (C=O) groups excluding carboxylic acids is 1. The number of fused-ring (bicyclic) bond motifs is 1. The summed E-state index contributed by atoms with van der Waals surface area (Å²) < 4.78 is 37.2. The fraction of sp³-hybridized carbons (Fsp3) is 0.435. The third-order valence-electron chi connectivity index (χ3n) is 5.28. The fourth-order valence-corrected chi connectivity index (χ4v) is 4.41. The van der Waals surface area contributed by atoms with Gasteiger partial charge in [0.15, 0.2) is 0 Å². The Balaban J connectivity index is 1.77. The van der Waals surface area contributed by atoms with Gasteiger partial charge in [-0.05, 0) is 38.5 Å². The Morgan fingerprint density at radius 2 is 1.90 bits per heavy atom. The second-order valence-electron chi connectivity index (χ2n) is 8.61. The maximum Gasteiger partial charge on any atom is 0.235 e. The molecule has 0 aliphatic carbocycles. The lowest BCUT2D eigenvalue weighted by Crippen LogP contribution is -2.45. The summed E-state index contributed by atoms with van der Waals surface area (Å²) in [4.78, 5) is 12.9. The summed E-state index contributed by atoms with van der Waals surface area (Å²) in [6, 6.07) is 12.8. The number of rotatable bonds is 7. The smallest absolute Gasteiger partial charge is 0.235 e. The van der Waals surface area contributed by atoms with Crippen LogP contribution in [0.4, 0.5) is 0 Å². The number of methoxy groups -OCH3 is 1. The Bertz CT molecular complexity index is 1050. The van der Waals surface area contributed by atoms with Crippen molar-refractivity contribution in [3.63, 3.8) is 0 Å². The summed E-state index contributed by atoms with van der Waals surface area (Å²) in [5, 5.41) is 3.00. The van der Waals surface area contributed by atoms with Crippen LogP contribution in [0.25, 0.3) is 0 Å². The van der Waals surface area contributed by atoms with Gasteiger partial charge in [0.1, 0.15) is 17.1 Å². The molecule has 3 rings (SSSR count). The highest BCUT2D eigenvalue weighted by Crippen LogP contribution is 2.41. The molecule has 0 aromatic heterocycles. The summed E-state index contributed by atoms with van der Waals surface area (Å²) >= 11 is 0. The quantitative estimate of drug-likeness (QED) is 0.706. The van der Waals surface area contributed by atoms with Crippen LogP contribution in [0.5, 0.6) is 11.5 Å². The Hall–Kier alpha value is -2.58. The van der Waals surface area contributed by atoms with E-state index in [2.05, 4.69) is 5.32 Å². The Morgan fingerprint density at radius 1 is 1.23 bits per heavy atom. The van der Waals surface area contributed by atoms with E-state index in [-0.39, 0.29) is 25.0 Å². The highest BCUT2D eigenvalue weighted by atomic mass is 32.2. The van der Waals surface area contributed by atoms with E-state index in [4.69, 9.17) is 9.47 Å². The predicted molar refractivity (Wildman–Crippen MR) is 120 cm³/mol. The summed E-state index contributed by atoms with van der Waals surface area (Å²) in [6.07, 6.45) is 1.68. The molecule has 8 heteroatoms.